The molecule has 0 aromatic heterocycles. The van der Waals surface area contributed by atoms with Crippen molar-refractivity contribution < 1.29 is 0 Å². The lowest BCUT2D eigenvalue weighted by molar-refractivity contribution is -0.225. The van der Waals surface area contributed by atoms with Crippen LogP contribution in [0.3, 0.4) is 0 Å². The van der Waals surface area contributed by atoms with Gasteiger partial charge in [0.15, 0.2) is 0 Å². The molecular formula is C36H36N4. The molecule has 2 atom stereocenters. The molecule has 0 spiro atoms. The number of fused-ring (bicyclic) bond motifs is 3. The van der Waals surface area contributed by atoms with Crippen molar-refractivity contribution in [1.29, 1.82) is 0 Å². The maximum atomic E-state index is 3.81. The van der Waals surface area contributed by atoms with Gasteiger partial charge in [0.05, 0.1) is 12.2 Å². The Morgan fingerprint density at radius 2 is 1.50 bits per heavy atom. The van der Waals surface area contributed by atoms with Gasteiger partial charge < -0.3 is 5.43 Å². The number of allylic oxidation sites excluding steroid dienone is 4. The lowest BCUT2D eigenvalue weighted by Gasteiger charge is -2.51. The number of nitrogens with zero attached hydrogens (tertiary/aromatic N) is 2. The summed E-state index contributed by atoms with van der Waals surface area (Å²) in [6, 6.07) is 39.0. The molecule has 200 valence electrons. The molecule has 2 N–H and O–H groups in total. The number of para-hydroxylation sites is 1. The average molecular weight is 525 g/mol. The van der Waals surface area contributed by atoms with Gasteiger partial charge in [-0.2, -0.15) is 5.12 Å². The lowest BCUT2D eigenvalue weighted by atomic mass is 9.75. The van der Waals surface area contributed by atoms with Crippen LogP contribution in [0.1, 0.15) is 67.1 Å². The summed E-state index contributed by atoms with van der Waals surface area (Å²) in [4.78, 5) is 0. The molecule has 40 heavy (non-hydrogen) atoms. The third kappa shape index (κ3) is 4.20. The Morgan fingerprint density at radius 1 is 0.825 bits per heavy atom. The van der Waals surface area contributed by atoms with Gasteiger partial charge in [0.2, 0.25) is 0 Å². The number of nitrogens with one attached hydrogen (secondary N) is 2. The number of hydrogen-bond donors (Lipinski definition) is 2. The Morgan fingerprint density at radius 3 is 2.30 bits per heavy atom. The number of hydrogen-bond acceptors (Lipinski definition) is 4. The zero-order chi connectivity index (χ0) is 27.3. The van der Waals surface area contributed by atoms with Crippen molar-refractivity contribution in [1.82, 2.24) is 15.7 Å². The quantitative estimate of drug-likeness (QED) is 0.267. The number of anilines is 1. The maximum Gasteiger partial charge on any atom is 0.135 e. The molecule has 0 bridgehead atoms. The summed E-state index contributed by atoms with van der Waals surface area (Å²) in [6.07, 6.45) is 3.59. The summed E-state index contributed by atoms with van der Waals surface area (Å²) >= 11 is 0. The van der Waals surface area contributed by atoms with Gasteiger partial charge in [0, 0.05) is 16.9 Å². The van der Waals surface area contributed by atoms with Gasteiger partial charge >= 0.3 is 0 Å². The highest BCUT2D eigenvalue weighted by Gasteiger charge is 2.43. The fourth-order valence-electron chi connectivity index (χ4n) is 6.77. The van der Waals surface area contributed by atoms with Crippen LogP contribution in [-0.2, 0) is 12.0 Å². The molecule has 2 aliphatic carbocycles. The van der Waals surface area contributed by atoms with Crippen LogP contribution in [0.2, 0.25) is 0 Å². The molecule has 1 aliphatic heterocycles. The molecule has 1 heterocycles. The van der Waals surface area contributed by atoms with E-state index in [0.717, 1.165) is 18.7 Å². The number of benzene rings is 4. The summed E-state index contributed by atoms with van der Waals surface area (Å²) in [5, 5.41) is 4.39. The SMILES string of the molecule is CC1=C(c2ccccc2NN2C(c3ccccc3)NN2Cc2ccccc2)C=C2C(C1)c1ccccc1C2(C)C. The van der Waals surface area contributed by atoms with Crippen molar-refractivity contribution in [3.05, 3.63) is 154 Å². The van der Waals surface area contributed by atoms with E-state index >= 15 is 0 Å². The smallest absolute Gasteiger partial charge is 0.135 e. The summed E-state index contributed by atoms with van der Waals surface area (Å²) in [5.41, 5.74) is 19.6. The predicted molar refractivity (Wildman–Crippen MR) is 164 cm³/mol. The minimum atomic E-state index is 0.0296. The van der Waals surface area contributed by atoms with Crippen LogP contribution < -0.4 is 10.9 Å². The van der Waals surface area contributed by atoms with Gasteiger partial charge in [-0.1, -0.05) is 134 Å². The normalized spacial score (nSPS) is 21.8. The van der Waals surface area contributed by atoms with Crippen molar-refractivity contribution >= 4 is 11.3 Å². The first-order valence-electron chi connectivity index (χ1n) is 14.3. The Labute approximate surface area is 237 Å². The van der Waals surface area contributed by atoms with Crippen molar-refractivity contribution in [2.45, 2.75) is 51.2 Å². The third-order valence-electron chi connectivity index (χ3n) is 8.90. The first-order chi connectivity index (χ1) is 19.5. The van der Waals surface area contributed by atoms with E-state index in [-0.39, 0.29) is 11.6 Å². The fourth-order valence-corrected chi connectivity index (χ4v) is 6.77. The Bertz CT molecular complexity index is 1600. The topological polar surface area (TPSA) is 30.5 Å². The minimum Gasteiger partial charge on any atom is -0.302 e. The molecule has 1 fully saturated rings. The number of rotatable bonds is 6. The van der Waals surface area contributed by atoms with Gasteiger partial charge in [-0.25, -0.2) is 5.43 Å². The molecule has 4 aromatic carbocycles. The van der Waals surface area contributed by atoms with E-state index in [4.69, 9.17) is 0 Å². The van der Waals surface area contributed by atoms with Crippen LogP contribution in [0.25, 0.3) is 5.57 Å². The molecule has 1 saturated heterocycles. The van der Waals surface area contributed by atoms with Gasteiger partial charge in [-0.05, 0) is 47.2 Å². The first kappa shape index (κ1) is 25.0. The van der Waals surface area contributed by atoms with Gasteiger partial charge in [-0.15, -0.1) is 5.12 Å². The van der Waals surface area contributed by atoms with Crippen molar-refractivity contribution in [2.75, 3.05) is 5.43 Å². The zero-order valence-electron chi connectivity index (χ0n) is 23.4. The van der Waals surface area contributed by atoms with E-state index in [1.165, 1.54) is 44.5 Å². The van der Waals surface area contributed by atoms with E-state index in [9.17, 15) is 0 Å². The molecule has 2 unspecified atom stereocenters. The zero-order valence-corrected chi connectivity index (χ0v) is 23.4. The van der Waals surface area contributed by atoms with E-state index in [1.807, 2.05) is 0 Å². The lowest BCUT2D eigenvalue weighted by Crippen LogP contribution is -2.69. The van der Waals surface area contributed by atoms with Gasteiger partial charge in [0.25, 0.3) is 0 Å². The average Bonchev–Trinajstić information content (AvgIpc) is 3.20. The highest BCUT2D eigenvalue weighted by Crippen LogP contribution is 2.55. The van der Waals surface area contributed by atoms with Gasteiger partial charge in [-0.3, -0.25) is 0 Å². The molecule has 0 saturated carbocycles. The van der Waals surface area contributed by atoms with E-state index in [1.54, 1.807) is 0 Å². The minimum absolute atomic E-state index is 0.0296. The first-order valence-corrected chi connectivity index (χ1v) is 14.3. The van der Waals surface area contributed by atoms with Crippen LogP contribution in [0.4, 0.5) is 5.69 Å². The third-order valence-corrected chi connectivity index (χ3v) is 8.90. The van der Waals surface area contributed by atoms with E-state index < -0.39 is 0 Å². The second-order valence-electron chi connectivity index (χ2n) is 11.8. The van der Waals surface area contributed by atoms with Crippen molar-refractivity contribution in [2.24, 2.45) is 0 Å². The summed E-state index contributed by atoms with van der Waals surface area (Å²) in [5.74, 6) is 0.471. The molecule has 0 radical (unpaired) electrons. The van der Waals surface area contributed by atoms with Crippen LogP contribution in [-0.4, -0.2) is 10.2 Å². The highest BCUT2D eigenvalue weighted by atomic mass is 16.0. The van der Waals surface area contributed by atoms with Crippen LogP contribution in [0, 0.1) is 0 Å². The van der Waals surface area contributed by atoms with Crippen molar-refractivity contribution in [3.8, 4) is 0 Å². The van der Waals surface area contributed by atoms with Gasteiger partial charge in [0.1, 0.15) is 6.17 Å². The standard InChI is InChI=1S/C36H36N4/c1-25-22-31-28-18-10-12-20-32(28)36(2,3)33(31)23-30(25)29-19-11-13-21-34(29)37-40-35(27-16-8-5-9-17-27)38-39(40)24-26-14-6-4-7-15-26/h4-21,23,31,35,37-38H,22,24H2,1-3H3. The fraction of sp³-hybridized carbons (Fsp3) is 0.222. The predicted octanol–water partition coefficient (Wildman–Crippen LogP) is 8.13. The molecule has 4 nitrogen and oxygen atoms in total. The Kier molecular flexibility index (Phi) is 6.20. The summed E-state index contributed by atoms with van der Waals surface area (Å²) < 4.78 is 0. The molecule has 0 amide bonds. The van der Waals surface area contributed by atoms with Crippen molar-refractivity contribution in [3.63, 3.8) is 0 Å². The monoisotopic (exact) mass is 524 g/mol. The molecule has 7 rings (SSSR count). The second-order valence-corrected chi connectivity index (χ2v) is 11.8. The van der Waals surface area contributed by atoms with E-state index in [0.29, 0.717) is 5.92 Å². The number of hydrazine groups is 3. The molecule has 4 aromatic rings. The summed E-state index contributed by atoms with van der Waals surface area (Å²) in [7, 11) is 0. The Hall–Kier alpha value is -3.96. The largest absolute Gasteiger partial charge is 0.302 e. The summed E-state index contributed by atoms with van der Waals surface area (Å²) in [6.45, 7) is 7.85. The van der Waals surface area contributed by atoms with Crippen LogP contribution in [0.5, 0.6) is 0 Å². The molecule has 4 heteroatoms. The van der Waals surface area contributed by atoms with Crippen LogP contribution in [0.15, 0.2) is 126 Å². The van der Waals surface area contributed by atoms with E-state index in [2.05, 4.69) is 157 Å². The second kappa shape index (κ2) is 9.90. The van der Waals surface area contributed by atoms with Crippen LogP contribution >= 0.6 is 0 Å². The maximum absolute atomic E-state index is 3.81. The molecule has 3 aliphatic rings. The molecular weight excluding hydrogens is 488 g/mol. The highest BCUT2D eigenvalue weighted by molar-refractivity contribution is 5.86. The Balaban J connectivity index is 1.23.